The van der Waals surface area contributed by atoms with Crippen molar-refractivity contribution in [2.75, 3.05) is 40.9 Å². The zero-order valence-corrected chi connectivity index (χ0v) is 41.6. The standard InChI is InChI=1S/C51H103N2O6P/c1-6-8-10-12-14-16-18-20-22-24-26-27-28-30-32-34-36-38-40-42-44-50(54)49(48-59-60(56,57)58-47-46-53(3,4)5)52-51(55)45-43-41-39-37-35-33-31-29-25-23-21-19-17-15-13-11-9-7-2/h42,44,49-50,54H,6-41,43,45-48H2,1-5H3,(H-,52,55,56,57)/p+1/b44-42+. The highest BCUT2D eigenvalue weighted by Gasteiger charge is 2.27. The normalized spacial score (nSPS) is 14.2. The van der Waals surface area contributed by atoms with Gasteiger partial charge in [0.1, 0.15) is 13.2 Å². The second-order valence-corrected chi connectivity index (χ2v) is 20.7. The molecule has 0 bridgehead atoms. The fourth-order valence-electron chi connectivity index (χ4n) is 7.87. The second kappa shape index (κ2) is 43.5. The number of allylic oxidation sites excluding steroid dienone is 1. The number of unbranched alkanes of at least 4 members (excludes halogenated alkanes) is 35. The number of likely N-dealkylation sites (N-methyl/N-ethyl adjacent to an activating group) is 1. The number of carbonyl (C=O) groups excluding carboxylic acids is 1. The molecule has 3 unspecified atom stereocenters. The number of rotatable bonds is 48. The first kappa shape index (κ1) is 59.2. The van der Waals surface area contributed by atoms with Crippen molar-refractivity contribution in [2.45, 2.75) is 270 Å². The van der Waals surface area contributed by atoms with Gasteiger partial charge in [-0.05, 0) is 19.3 Å². The average Bonchev–Trinajstić information content (AvgIpc) is 3.20. The number of hydrogen-bond acceptors (Lipinski definition) is 5. The number of aliphatic hydroxyl groups excluding tert-OH is 1. The first-order valence-electron chi connectivity index (χ1n) is 26.1. The van der Waals surface area contributed by atoms with Gasteiger partial charge in [-0.15, -0.1) is 0 Å². The van der Waals surface area contributed by atoms with E-state index in [1.54, 1.807) is 6.08 Å². The van der Waals surface area contributed by atoms with Gasteiger partial charge >= 0.3 is 7.82 Å². The monoisotopic (exact) mass is 872 g/mol. The number of nitrogens with one attached hydrogen (secondary N) is 1. The van der Waals surface area contributed by atoms with Gasteiger partial charge < -0.3 is 19.8 Å². The van der Waals surface area contributed by atoms with Gasteiger partial charge in [-0.3, -0.25) is 13.8 Å². The summed E-state index contributed by atoms with van der Waals surface area (Å²) in [4.78, 5) is 23.2. The molecule has 60 heavy (non-hydrogen) atoms. The quantitative estimate of drug-likeness (QED) is 0.0243. The van der Waals surface area contributed by atoms with Crippen LogP contribution >= 0.6 is 7.82 Å². The molecule has 0 rings (SSSR count). The molecule has 0 saturated carbocycles. The van der Waals surface area contributed by atoms with E-state index in [0.29, 0.717) is 17.4 Å². The van der Waals surface area contributed by atoms with Crippen LogP contribution in [0.5, 0.6) is 0 Å². The Kier molecular flexibility index (Phi) is 42.9. The lowest BCUT2D eigenvalue weighted by molar-refractivity contribution is -0.870. The highest BCUT2D eigenvalue weighted by atomic mass is 31.2. The van der Waals surface area contributed by atoms with Crippen molar-refractivity contribution < 1.29 is 32.9 Å². The molecule has 0 spiro atoms. The molecule has 0 radical (unpaired) electrons. The summed E-state index contributed by atoms with van der Waals surface area (Å²) in [6.07, 6.45) is 51.4. The van der Waals surface area contributed by atoms with Crippen LogP contribution in [0.25, 0.3) is 0 Å². The number of phosphoric ester groups is 1. The van der Waals surface area contributed by atoms with Crippen molar-refractivity contribution in [3.05, 3.63) is 12.2 Å². The lowest BCUT2D eigenvalue weighted by atomic mass is 10.0. The Hall–Kier alpha value is -0.760. The van der Waals surface area contributed by atoms with Crippen LogP contribution in [0, 0.1) is 0 Å². The zero-order chi connectivity index (χ0) is 44.3. The van der Waals surface area contributed by atoms with Gasteiger partial charge in [-0.25, -0.2) is 4.57 Å². The number of hydrogen-bond donors (Lipinski definition) is 3. The van der Waals surface area contributed by atoms with E-state index in [-0.39, 0.29) is 19.1 Å². The zero-order valence-electron chi connectivity index (χ0n) is 40.7. The fraction of sp³-hybridized carbons (Fsp3) is 0.941. The third kappa shape index (κ3) is 45.3. The molecule has 0 aromatic rings. The number of quaternary nitrogens is 1. The minimum Gasteiger partial charge on any atom is -0.387 e. The molecule has 0 aliphatic rings. The molecule has 358 valence electrons. The van der Waals surface area contributed by atoms with Gasteiger partial charge in [0, 0.05) is 6.42 Å². The van der Waals surface area contributed by atoms with Crippen LogP contribution in [-0.2, 0) is 18.4 Å². The number of nitrogens with zero attached hydrogens (tertiary/aromatic N) is 1. The van der Waals surface area contributed by atoms with Crippen LogP contribution in [0.15, 0.2) is 12.2 Å². The SMILES string of the molecule is CCCCCCCCCCCCCCCCCCCC/C=C/C(O)C(COP(=O)(O)OCC[N+](C)(C)C)NC(=O)CCCCCCCCCCCCCCCCCCCC. The van der Waals surface area contributed by atoms with Gasteiger partial charge in [-0.2, -0.15) is 0 Å². The van der Waals surface area contributed by atoms with Crippen molar-refractivity contribution in [3.63, 3.8) is 0 Å². The summed E-state index contributed by atoms with van der Waals surface area (Å²) < 4.78 is 23.7. The van der Waals surface area contributed by atoms with E-state index in [1.807, 2.05) is 27.2 Å². The summed E-state index contributed by atoms with van der Waals surface area (Å²) in [5.74, 6) is -0.172. The van der Waals surface area contributed by atoms with Gasteiger partial charge in [0.15, 0.2) is 0 Å². The van der Waals surface area contributed by atoms with Crippen LogP contribution in [0.3, 0.4) is 0 Å². The van der Waals surface area contributed by atoms with Gasteiger partial charge in [0.25, 0.3) is 0 Å². The molecule has 0 aromatic heterocycles. The summed E-state index contributed by atoms with van der Waals surface area (Å²) in [5.41, 5.74) is 0. The van der Waals surface area contributed by atoms with Crippen LogP contribution in [0.2, 0.25) is 0 Å². The molecule has 0 aliphatic heterocycles. The molecule has 8 nitrogen and oxygen atoms in total. The lowest BCUT2D eigenvalue weighted by Gasteiger charge is -2.25. The van der Waals surface area contributed by atoms with Crippen molar-refractivity contribution >= 4 is 13.7 Å². The van der Waals surface area contributed by atoms with Gasteiger partial charge in [-0.1, -0.05) is 244 Å². The number of aliphatic hydroxyl groups is 1. The topological polar surface area (TPSA) is 105 Å². The minimum atomic E-state index is -4.34. The molecule has 0 heterocycles. The second-order valence-electron chi connectivity index (χ2n) is 19.3. The maximum Gasteiger partial charge on any atom is 0.472 e. The van der Waals surface area contributed by atoms with E-state index >= 15 is 0 Å². The third-order valence-corrected chi connectivity index (χ3v) is 13.0. The van der Waals surface area contributed by atoms with Gasteiger partial charge in [0.2, 0.25) is 5.91 Å². The molecule has 1 amide bonds. The Morgan fingerprint density at radius 3 is 1.23 bits per heavy atom. The molecule has 0 saturated heterocycles. The van der Waals surface area contributed by atoms with Crippen molar-refractivity contribution in [3.8, 4) is 0 Å². The molecule has 0 aromatic carbocycles. The first-order chi connectivity index (χ1) is 29.0. The van der Waals surface area contributed by atoms with Crippen molar-refractivity contribution in [2.24, 2.45) is 0 Å². The van der Waals surface area contributed by atoms with E-state index in [1.165, 1.54) is 205 Å². The van der Waals surface area contributed by atoms with E-state index in [4.69, 9.17) is 9.05 Å². The van der Waals surface area contributed by atoms with E-state index in [2.05, 4.69) is 19.2 Å². The first-order valence-corrected chi connectivity index (χ1v) is 27.6. The molecule has 3 atom stereocenters. The molecular weight excluding hydrogens is 768 g/mol. The summed E-state index contributed by atoms with van der Waals surface area (Å²) >= 11 is 0. The predicted molar refractivity (Wildman–Crippen MR) is 259 cm³/mol. The van der Waals surface area contributed by atoms with Crippen LogP contribution in [0.1, 0.15) is 258 Å². The molecular formula is C51H104N2O6P+. The molecule has 3 N–H and O–H groups in total. The van der Waals surface area contributed by atoms with Crippen molar-refractivity contribution in [1.29, 1.82) is 0 Å². The summed E-state index contributed by atoms with van der Waals surface area (Å²) in [6, 6.07) is -0.841. The number of phosphoric acid groups is 1. The van der Waals surface area contributed by atoms with E-state index < -0.39 is 20.0 Å². The maximum absolute atomic E-state index is 12.9. The summed E-state index contributed by atoms with van der Waals surface area (Å²) in [7, 11) is 1.59. The maximum atomic E-state index is 12.9. The van der Waals surface area contributed by atoms with Crippen LogP contribution in [-0.4, -0.2) is 73.4 Å². The van der Waals surface area contributed by atoms with Crippen LogP contribution in [0.4, 0.5) is 0 Å². The summed E-state index contributed by atoms with van der Waals surface area (Å²) in [6.45, 7) is 4.85. The van der Waals surface area contributed by atoms with Gasteiger partial charge in [0.05, 0.1) is 39.9 Å². The Labute approximate surface area is 373 Å². The highest BCUT2D eigenvalue weighted by molar-refractivity contribution is 7.47. The third-order valence-electron chi connectivity index (χ3n) is 12.0. The molecule has 0 aliphatic carbocycles. The number of carbonyl (C=O) groups is 1. The molecule has 0 fully saturated rings. The Morgan fingerprint density at radius 2 is 0.883 bits per heavy atom. The van der Waals surface area contributed by atoms with E-state index in [9.17, 15) is 19.4 Å². The predicted octanol–water partition coefficient (Wildman–Crippen LogP) is 15.1. The fourth-order valence-corrected chi connectivity index (χ4v) is 8.60. The Balaban J connectivity index is 4.28. The average molecular weight is 872 g/mol. The van der Waals surface area contributed by atoms with Crippen molar-refractivity contribution in [1.82, 2.24) is 5.32 Å². The highest BCUT2D eigenvalue weighted by Crippen LogP contribution is 2.43. The van der Waals surface area contributed by atoms with Crippen LogP contribution < -0.4 is 5.32 Å². The Bertz CT molecular complexity index is 989. The van der Waals surface area contributed by atoms with E-state index in [0.717, 1.165) is 32.1 Å². The number of amides is 1. The minimum absolute atomic E-state index is 0.0650. The smallest absolute Gasteiger partial charge is 0.387 e. The molecule has 9 heteroatoms. The summed E-state index contributed by atoms with van der Waals surface area (Å²) in [5, 5.41) is 13.9. The Morgan fingerprint density at radius 1 is 0.550 bits per heavy atom. The largest absolute Gasteiger partial charge is 0.472 e. The lowest BCUT2D eigenvalue weighted by Crippen LogP contribution is -2.45.